The Bertz CT molecular complexity index is 143. The van der Waals surface area contributed by atoms with Crippen molar-refractivity contribution in [2.75, 3.05) is 0 Å². The first kappa shape index (κ1) is 12.3. The predicted octanol–water partition coefficient (Wildman–Crippen LogP) is -1.75. The molecule has 1 aromatic carbocycles. The molecule has 0 aliphatic heterocycles. The van der Waals surface area contributed by atoms with E-state index >= 15 is 0 Å². The quantitative estimate of drug-likeness (QED) is 0.289. The van der Waals surface area contributed by atoms with E-state index in [1.165, 1.54) is 12.1 Å². The van der Waals surface area contributed by atoms with E-state index in [0.717, 1.165) is 0 Å². The molecule has 44 valence electrons. The van der Waals surface area contributed by atoms with Crippen LogP contribution in [0.1, 0.15) is 0 Å². The average Bonchev–Trinajstić information content (AvgIpc) is 1.69. The fraction of sp³-hybridized carbons (Fsp3) is 0. The molecule has 0 heterocycles. The maximum atomic E-state index is 11.9. The van der Waals surface area contributed by atoms with Gasteiger partial charge in [-0.3, -0.25) is 0 Å². The number of rotatable bonds is 0. The van der Waals surface area contributed by atoms with Crippen LogP contribution in [0.4, 0.5) is 4.39 Å². The van der Waals surface area contributed by atoms with Crippen LogP contribution in [0.2, 0.25) is 0 Å². The third-order valence-corrected chi connectivity index (χ3v) is 0.671. The largest absolute Gasteiger partial charge is 2.00 e. The number of hydrogen-bond acceptors (Lipinski definition) is 0. The summed E-state index contributed by atoms with van der Waals surface area (Å²) >= 11 is 0. The third-order valence-electron chi connectivity index (χ3n) is 0.671. The van der Waals surface area contributed by atoms with Crippen LogP contribution >= 0.6 is 0 Å². The predicted molar refractivity (Wildman–Crippen MR) is 31.0 cm³/mol. The second kappa shape index (κ2) is 6.76. The fourth-order valence-electron chi connectivity index (χ4n) is 0.371. The molecule has 0 unspecified atom stereocenters. The fourth-order valence-corrected chi connectivity index (χ4v) is 0.371. The van der Waals surface area contributed by atoms with Crippen molar-refractivity contribution in [1.82, 2.24) is 0 Å². The van der Waals surface area contributed by atoms with Gasteiger partial charge < -0.3 is 24.0 Å². The van der Waals surface area contributed by atoms with Crippen LogP contribution in [-0.4, -0.2) is 23.1 Å². The Hall–Kier alpha value is 0.646. The summed E-state index contributed by atoms with van der Waals surface area (Å²) in [5.41, 5.74) is 0. The van der Waals surface area contributed by atoms with Gasteiger partial charge in [0.15, 0.2) is 0 Å². The molecule has 0 fully saturated rings. The molecule has 9 heavy (non-hydrogen) atoms. The van der Waals surface area contributed by atoms with Crippen LogP contribution in [0.25, 0.3) is 0 Å². The zero-order valence-corrected chi connectivity index (χ0v) is 8.34. The van der Waals surface area contributed by atoms with Crippen molar-refractivity contribution in [3.8, 4) is 0 Å². The Kier molecular flexibility index (Phi) is 9.27. The van der Waals surface area contributed by atoms with Crippen LogP contribution in [-0.2, 0) is 0 Å². The molecule has 1 rings (SSSR count). The Morgan fingerprint density at radius 2 is 2.00 bits per heavy atom. The van der Waals surface area contributed by atoms with Crippen molar-refractivity contribution in [3.63, 3.8) is 0 Å². The molecular weight excluding hydrogens is 242 g/mol. The standard InChI is InChI=1S/C6H4F.HI.Mg/c7-6-4-2-1-3-5-6;;/h1-4H;1H;/q-1;;+2/p-1. The van der Waals surface area contributed by atoms with Crippen LogP contribution in [0.15, 0.2) is 24.3 Å². The monoisotopic (exact) mass is 246 g/mol. The Balaban J connectivity index is 0. The molecule has 0 radical (unpaired) electrons. The second-order valence-corrected chi connectivity index (χ2v) is 1.21. The zero-order valence-electron chi connectivity index (χ0n) is 4.77. The summed E-state index contributed by atoms with van der Waals surface area (Å²) in [6, 6.07) is 8.62. The molecule has 1 aromatic rings. The summed E-state index contributed by atoms with van der Waals surface area (Å²) in [5.74, 6) is -0.303. The van der Waals surface area contributed by atoms with Crippen molar-refractivity contribution in [2.24, 2.45) is 0 Å². The Morgan fingerprint density at radius 1 is 1.33 bits per heavy atom. The molecule has 0 nitrogen and oxygen atoms in total. The van der Waals surface area contributed by atoms with Gasteiger partial charge in [0.1, 0.15) is 0 Å². The first-order chi connectivity index (χ1) is 3.39. The van der Waals surface area contributed by atoms with Crippen LogP contribution in [0, 0.1) is 11.9 Å². The summed E-state index contributed by atoms with van der Waals surface area (Å²) in [4.78, 5) is 0. The van der Waals surface area contributed by atoms with Gasteiger partial charge in [0.25, 0.3) is 0 Å². The van der Waals surface area contributed by atoms with Crippen LogP contribution in [0.5, 0.6) is 0 Å². The first-order valence-corrected chi connectivity index (χ1v) is 2.02. The van der Waals surface area contributed by atoms with Crippen molar-refractivity contribution in [2.45, 2.75) is 0 Å². The van der Waals surface area contributed by atoms with E-state index in [2.05, 4.69) is 6.07 Å². The molecule has 0 spiro atoms. The minimum atomic E-state index is -0.303. The molecule has 0 aliphatic rings. The summed E-state index contributed by atoms with van der Waals surface area (Å²) in [6.07, 6.45) is 0. The smallest absolute Gasteiger partial charge is 1.00 e. The van der Waals surface area contributed by atoms with Crippen molar-refractivity contribution < 1.29 is 28.4 Å². The minimum Gasteiger partial charge on any atom is -1.00 e. The average molecular weight is 246 g/mol. The summed E-state index contributed by atoms with van der Waals surface area (Å²) in [6.45, 7) is 0. The molecule has 0 aliphatic carbocycles. The van der Waals surface area contributed by atoms with Gasteiger partial charge in [-0.1, -0.05) is 0 Å². The van der Waals surface area contributed by atoms with Crippen molar-refractivity contribution >= 4 is 23.1 Å². The normalized spacial score (nSPS) is 6.78. The maximum Gasteiger partial charge on any atom is 2.00 e. The summed E-state index contributed by atoms with van der Waals surface area (Å²) in [5, 5.41) is 0. The first-order valence-electron chi connectivity index (χ1n) is 2.02. The van der Waals surface area contributed by atoms with Gasteiger partial charge in [0.05, 0.1) is 0 Å². The van der Waals surface area contributed by atoms with Gasteiger partial charge >= 0.3 is 23.1 Å². The van der Waals surface area contributed by atoms with Gasteiger partial charge in [-0.05, 0) is 0 Å². The Morgan fingerprint density at radius 3 is 2.22 bits per heavy atom. The van der Waals surface area contributed by atoms with Crippen molar-refractivity contribution in [3.05, 3.63) is 36.1 Å². The van der Waals surface area contributed by atoms with Crippen LogP contribution < -0.4 is 24.0 Å². The molecule has 0 N–H and O–H groups in total. The van der Waals surface area contributed by atoms with E-state index < -0.39 is 0 Å². The second-order valence-electron chi connectivity index (χ2n) is 1.21. The molecule has 0 atom stereocenters. The van der Waals surface area contributed by atoms with E-state index in [1.807, 2.05) is 0 Å². The van der Waals surface area contributed by atoms with E-state index in [9.17, 15) is 4.39 Å². The molecule has 3 heteroatoms. The van der Waals surface area contributed by atoms with Gasteiger partial charge in [-0.25, -0.2) is 4.39 Å². The van der Waals surface area contributed by atoms with Gasteiger partial charge in [-0.2, -0.15) is 18.2 Å². The third kappa shape index (κ3) is 5.11. The molecular formula is C6H4FIMg. The van der Waals surface area contributed by atoms with E-state index in [1.54, 1.807) is 12.1 Å². The summed E-state index contributed by atoms with van der Waals surface area (Å²) in [7, 11) is 0. The van der Waals surface area contributed by atoms with E-state index in [4.69, 9.17) is 0 Å². The van der Waals surface area contributed by atoms with E-state index in [0.29, 0.717) is 0 Å². The molecule has 0 bridgehead atoms. The summed E-state index contributed by atoms with van der Waals surface area (Å²) < 4.78 is 11.9. The minimum absolute atomic E-state index is 0. The molecule has 0 saturated carbocycles. The SMILES string of the molecule is Fc1[c-]cccc1.[I-].[Mg+2]. The zero-order chi connectivity index (χ0) is 5.11. The van der Waals surface area contributed by atoms with Crippen molar-refractivity contribution in [1.29, 1.82) is 0 Å². The van der Waals surface area contributed by atoms with Gasteiger partial charge in [-0.15, -0.1) is 12.1 Å². The molecule has 0 saturated heterocycles. The number of halogens is 2. The van der Waals surface area contributed by atoms with Crippen LogP contribution in [0.3, 0.4) is 0 Å². The van der Waals surface area contributed by atoms with E-state index in [-0.39, 0.29) is 52.8 Å². The number of hydrogen-bond donors (Lipinski definition) is 0. The van der Waals surface area contributed by atoms with Gasteiger partial charge in [0.2, 0.25) is 0 Å². The molecule has 0 aromatic heterocycles. The number of benzene rings is 1. The van der Waals surface area contributed by atoms with Gasteiger partial charge in [0, 0.05) is 5.82 Å². The Labute approximate surface area is 87.0 Å². The topological polar surface area (TPSA) is 0 Å². The maximum absolute atomic E-state index is 11.9. The molecule has 0 amide bonds.